The Bertz CT molecular complexity index is 724. The molecule has 2 amide bonds. The van der Waals surface area contributed by atoms with Gasteiger partial charge >= 0.3 is 0 Å². The number of likely N-dealkylation sites (N-methyl/N-ethyl adjacent to an activating group) is 1. The van der Waals surface area contributed by atoms with Crippen LogP contribution in [0.2, 0.25) is 0 Å². The number of nitrogens with one attached hydrogen (secondary N) is 1. The minimum atomic E-state index is -0.0876. The summed E-state index contributed by atoms with van der Waals surface area (Å²) in [6.07, 6.45) is 8.79. The Morgan fingerprint density at radius 2 is 1.88 bits per heavy atom. The van der Waals surface area contributed by atoms with Crippen molar-refractivity contribution in [3.63, 3.8) is 0 Å². The normalized spacial score (nSPS) is 26.0. The van der Waals surface area contributed by atoms with Crippen LogP contribution >= 0.6 is 11.8 Å². The van der Waals surface area contributed by atoms with Crippen LogP contribution in [0.1, 0.15) is 56.9 Å². The van der Waals surface area contributed by atoms with Gasteiger partial charge in [0.05, 0.1) is 25.3 Å². The zero-order chi connectivity index (χ0) is 22.9. The zero-order valence-electron chi connectivity index (χ0n) is 19.8. The van der Waals surface area contributed by atoms with Crippen molar-refractivity contribution in [2.45, 2.75) is 69.6 Å². The topological polar surface area (TPSA) is 61.9 Å². The van der Waals surface area contributed by atoms with E-state index in [-0.39, 0.29) is 36.5 Å². The molecule has 6 nitrogen and oxygen atoms in total. The van der Waals surface area contributed by atoms with Crippen molar-refractivity contribution in [2.75, 3.05) is 38.9 Å². The number of hydrogen-bond donors (Lipinski definition) is 1. The van der Waals surface area contributed by atoms with Crippen molar-refractivity contribution >= 4 is 23.6 Å². The summed E-state index contributed by atoms with van der Waals surface area (Å²) >= 11 is 1.76. The molecule has 1 aliphatic carbocycles. The Balaban J connectivity index is 1.58. The lowest BCUT2D eigenvalue weighted by Gasteiger charge is -2.43. The molecule has 1 saturated carbocycles. The van der Waals surface area contributed by atoms with Crippen LogP contribution in [-0.2, 0) is 14.3 Å². The van der Waals surface area contributed by atoms with E-state index in [0.717, 1.165) is 50.9 Å². The summed E-state index contributed by atoms with van der Waals surface area (Å²) < 4.78 is 6.43. The van der Waals surface area contributed by atoms with Gasteiger partial charge in [-0.1, -0.05) is 30.3 Å². The molecule has 178 valence electrons. The third kappa shape index (κ3) is 6.96. The van der Waals surface area contributed by atoms with Crippen LogP contribution in [0.15, 0.2) is 30.3 Å². The van der Waals surface area contributed by atoms with Gasteiger partial charge in [0.1, 0.15) is 0 Å². The summed E-state index contributed by atoms with van der Waals surface area (Å²) in [6.45, 7) is 2.92. The van der Waals surface area contributed by atoms with E-state index in [2.05, 4.69) is 41.9 Å². The molecule has 2 aliphatic rings. The van der Waals surface area contributed by atoms with E-state index in [4.69, 9.17) is 4.74 Å². The van der Waals surface area contributed by atoms with Crippen molar-refractivity contribution in [1.82, 2.24) is 15.1 Å². The minimum Gasteiger partial charge on any atom is -0.376 e. The fourth-order valence-electron chi connectivity index (χ4n) is 4.93. The molecule has 32 heavy (non-hydrogen) atoms. The number of rotatable bonds is 9. The molecular formula is C25H39N3O3S. The molecule has 1 saturated heterocycles. The summed E-state index contributed by atoms with van der Waals surface area (Å²) in [5, 5.41) is 3.61. The quantitative estimate of drug-likeness (QED) is 0.571. The van der Waals surface area contributed by atoms with E-state index in [1.54, 1.807) is 18.8 Å². The second kappa shape index (κ2) is 12.6. The molecule has 0 unspecified atom stereocenters. The highest BCUT2D eigenvalue weighted by Gasteiger charge is 2.35. The smallest absolute Gasteiger partial charge is 0.242 e. The first kappa shape index (κ1) is 25.1. The third-order valence-electron chi connectivity index (χ3n) is 6.95. The van der Waals surface area contributed by atoms with Crippen LogP contribution < -0.4 is 5.32 Å². The number of likely N-dealkylation sites (tertiary alicyclic amines) is 1. The lowest BCUT2D eigenvalue weighted by molar-refractivity contribution is -0.143. The van der Waals surface area contributed by atoms with Crippen molar-refractivity contribution in [1.29, 1.82) is 0 Å². The predicted octanol–water partition coefficient (Wildman–Crippen LogP) is 3.48. The molecule has 2 atom stereocenters. The first-order valence-electron chi connectivity index (χ1n) is 11.9. The maximum Gasteiger partial charge on any atom is 0.242 e. The average molecular weight is 462 g/mol. The SMILES string of the molecule is CSCN[C@H]1CCCN(C(=O)CN(C)C(C)=O)[C@H]1CO[C@H]1CC[C@@H](c2ccccc2)CC1. The van der Waals surface area contributed by atoms with Crippen molar-refractivity contribution in [3.05, 3.63) is 35.9 Å². The first-order chi connectivity index (χ1) is 15.5. The van der Waals surface area contributed by atoms with Crippen LogP contribution in [0.3, 0.4) is 0 Å². The number of thioether (sulfide) groups is 1. The van der Waals surface area contributed by atoms with Gasteiger partial charge in [0.25, 0.3) is 0 Å². The summed E-state index contributed by atoms with van der Waals surface area (Å²) in [4.78, 5) is 28.1. The van der Waals surface area contributed by atoms with Gasteiger partial charge in [-0.2, -0.15) is 0 Å². The molecule has 1 N–H and O–H groups in total. The Morgan fingerprint density at radius 3 is 2.53 bits per heavy atom. The van der Waals surface area contributed by atoms with Gasteiger partial charge < -0.3 is 19.9 Å². The molecule has 1 aromatic rings. The Hall–Kier alpha value is -1.57. The zero-order valence-corrected chi connectivity index (χ0v) is 20.6. The number of carbonyl (C=O) groups excluding carboxylic acids is 2. The van der Waals surface area contributed by atoms with Gasteiger partial charge in [0, 0.05) is 32.4 Å². The lowest BCUT2D eigenvalue weighted by Crippen LogP contribution is -2.59. The van der Waals surface area contributed by atoms with Gasteiger partial charge in [-0.3, -0.25) is 9.59 Å². The van der Waals surface area contributed by atoms with E-state index in [1.165, 1.54) is 17.4 Å². The molecule has 1 aromatic carbocycles. The predicted molar refractivity (Wildman–Crippen MR) is 131 cm³/mol. The fraction of sp³-hybridized carbons (Fsp3) is 0.680. The van der Waals surface area contributed by atoms with Crippen molar-refractivity contribution in [3.8, 4) is 0 Å². The summed E-state index contributed by atoms with van der Waals surface area (Å²) in [6, 6.07) is 11.0. The highest BCUT2D eigenvalue weighted by Crippen LogP contribution is 2.34. The van der Waals surface area contributed by atoms with E-state index < -0.39 is 0 Å². The summed E-state index contributed by atoms with van der Waals surface area (Å²) in [5.74, 6) is 1.41. The summed E-state index contributed by atoms with van der Waals surface area (Å²) in [5.41, 5.74) is 1.44. The maximum absolute atomic E-state index is 13.0. The van der Waals surface area contributed by atoms with Crippen LogP contribution in [0, 0.1) is 0 Å². The molecule has 3 rings (SSSR count). The van der Waals surface area contributed by atoms with Crippen LogP contribution in [0.5, 0.6) is 0 Å². The standard InChI is InChI=1S/C25H39N3O3S/c1-19(29)27(2)16-25(30)28-15-7-10-23(26-18-32-3)24(28)17-31-22-13-11-21(12-14-22)20-8-5-4-6-9-20/h4-6,8-9,21-24,26H,7,10-18H2,1-3H3/t21-,22+,23-,24-/m0/s1. The molecule has 1 heterocycles. The molecule has 7 heteroatoms. The monoisotopic (exact) mass is 461 g/mol. The van der Waals surface area contributed by atoms with Crippen LogP contribution in [0.4, 0.5) is 0 Å². The highest BCUT2D eigenvalue weighted by atomic mass is 32.2. The van der Waals surface area contributed by atoms with Gasteiger partial charge in [-0.25, -0.2) is 0 Å². The Kier molecular flexibility index (Phi) is 9.88. The first-order valence-corrected chi connectivity index (χ1v) is 13.3. The van der Waals surface area contributed by atoms with Crippen LogP contribution in [0.25, 0.3) is 0 Å². The largest absolute Gasteiger partial charge is 0.376 e. The number of benzene rings is 1. The molecule has 0 spiro atoms. The van der Waals surface area contributed by atoms with Gasteiger partial charge in [-0.05, 0) is 56.3 Å². The molecule has 1 aliphatic heterocycles. The number of ether oxygens (including phenoxy) is 1. The van der Waals surface area contributed by atoms with E-state index in [0.29, 0.717) is 12.5 Å². The number of hydrogen-bond acceptors (Lipinski definition) is 5. The highest BCUT2D eigenvalue weighted by molar-refractivity contribution is 7.98. The second-order valence-electron chi connectivity index (χ2n) is 9.13. The number of carbonyl (C=O) groups is 2. The summed E-state index contributed by atoms with van der Waals surface area (Å²) in [7, 11) is 1.68. The van der Waals surface area contributed by atoms with Crippen molar-refractivity contribution in [2.24, 2.45) is 0 Å². The van der Waals surface area contributed by atoms with Gasteiger partial charge in [0.2, 0.25) is 11.8 Å². The Morgan fingerprint density at radius 1 is 1.16 bits per heavy atom. The van der Waals surface area contributed by atoms with Gasteiger partial charge in [-0.15, -0.1) is 11.8 Å². The molecule has 2 fully saturated rings. The second-order valence-corrected chi connectivity index (χ2v) is 10.00. The van der Waals surface area contributed by atoms with Crippen molar-refractivity contribution < 1.29 is 14.3 Å². The molecule has 0 radical (unpaired) electrons. The minimum absolute atomic E-state index is 0.00982. The van der Waals surface area contributed by atoms with Crippen LogP contribution in [-0.4, -0.2) is 78.7 Å². The number of amides is 2. The lowest BCUT2D eigenvalue weighted by atomic mass is 9.83. The third-order valence-corrected chi connectivity index (χ3v) is 7.40. The van der Waals surface area contributed by atoms with Gasteiger partial charge in [0.15, 0.2) is 0 Å². The van der Waals surface area contributed by atoms with E-state index >= 15 is 0 Å². The average Bonchev–Trinajstić information content (AvgIpc) is 2.82. The molecule has 0 bridgehead atoms. The Labute approximate surface area is 197 Å². The van der Waals surface area contributed by atoms with E-state index in [1.807, 2.05) is 4.90 Å². The fourth-order valence-corrected chi connectivity index (χ4v) is 5.31. The molecular weight excluding hydrogens is 422 g/mol. The number of nitrogens with zero attached hydrogens (tertiary/aromatic N) is 2. The maximum atomic E-state index is 13.0. The number of piperidine rings is 1. The molecule has 0 aromatic heterocycles. The van der Waals surface area contributed by atoms with E-state index in [9.17, 15) is 9.59 Å².